The molecule has 150 valence electrons. The van der Waals surface area contributed by atoms with Gasteiger partial charge in [0, 0.05) is 0 Å². The Bertz CT molecular complexity index is 1120. The van der Waals surface area contributed by atoms with Gasteiger partial charge >= 0.3 is 0 Å². The quantitative estimate of drug-likeness (QED) is 0.617. The number of aryl methyl sites for hydroxylation is 1. The first-order valence-electron chi connectivity index (χ1n) is 9.75. The molecule has 3 atom stereocenters. The van der Waals surface area contributed by atoms with E-state index >= 15 is 0 Å². The van der Waals surface area contributed by atoms with Gasteiger partial charge in [-0.15, -0.1) is 0 Å². The minimum atomic E-state index is -0.937. The molecule has 2 aliphatic rings. The van der Waals surface area contributed by atoms with Gasteiger partial charge in [0.25, 0.3) is 5.91 Å². The van der Waals surface area contributed by atoms with E-state index in [1.807, 2.05) is 49.4 Å². The van der Waals surface area contributed by atoms with Gasteiger partial charge in [-0.05, 0) is 54.4 Å². The molecule has 2 fully saturated rings. The first-order chi connectivity index (χ1) is 14.5. The lowest BCUT2D eigenvalue weighted by Gasteiger charge is -2.28. The number of halogens is 1. The maximum absolute atomic E-state index is 13.5. The van der Waals surface area contributed by atoms with Crippen LogP contribution in [-0.4, -0.2) is 17.9 Å². The second-order valence-electron chi connectivity index (χ2n) is 7.56. The van der Waals surface area contributed by atoms with Crippen LogP contribution in [0.2, 0.25) is 0 Å². The number of benzene rings is 3. The third kappa shape index (κ3) is 2.88. The summed E-state index contributed by atoms with van der Waals surface area (Å²) in [6, 6.07) is 22.0. The van der Waals surface area contributed by atoms with Gasteiger partial charge in [-0.2, -0.15) is 0 Å². The maximum atomic E-state index is 13.5. The zero-order valence-corrected chi connectivity index (χ0v) is 16.2. The lowest BCUT2D eigenvalue weighted by molar-refractivity contribution is -0.126. The van der Waals surface area contributed by atoms with Crippen molar-refractivity contribution in [2.75, 3.05) is 9.96 Å². The molecule has 0 bridgehead atoms. The average molecular weight is 402 g/mol. The molecule has 5 nitrogen and oxygen atoms in total. The van der Waals surface area contributed by atoms with E-state index in [9.17, 15) is 14.0 Å². The largest absolute Gasteiger partial charge is 0.273 e. The molecule has 3 aromatic rings. The minimum Gasteiger partial charge on any atom is -0.273 e. The van der Waals surface area contributed by atoms with Crippen LogP contribution in [0.15, 0.2) is 78.9 Å². The second kappa shape index (κ2) is 7.07. The third-order valence-corrected chi connectivity index (χ3v) is 5.60. The van der Waals surface area contributed by atoms with E-state index in [1.54, 1.807) is 29.3 Å². The summed E-state index contributed by atoms with van der Waals surface area (Å²) in [5, 5.41) is 1.60. The molecule has 0 unspecified atom stereocenters. The Kier molecular flexibility index (Phi) is 4.37. The molecule has 0 aromatic heterocycles. The third-order valence-electron chi connectivity index (χ3n) is 5.60. The van der Waals surface area contributed by atoms with Gasteiger partial charge in [0.1, 0.15) is 11.7 Å². The lowest BCUT2D eigenvalue weighted by Crippen LogP contribution is -2.37. The number of nitrogens with zero attached hydrogens (tertiary/aromatic N) is 2. The zero-order chi connectivity index (χ0) is 20.8. The van der Waals surface area contributed by atoms with Crippen molar-refractivity contribution in [2.45, 2.75) is 19.1 Å². The van der Waals surface area contributed by atoms with E-state index in [0.717, 1.165) is 11.3 Å². The van der Waals surface area contributed by atoms with Gasteiger partial charge in [0.05, 0.1) is 17.4 Å². The summed E-state index contributed by atoms with van der Waals surface area (Å²) < 4.78 is 13.5. The molecule has 0 N–H and O–H groups in total. The van der Waals surface area contributed by atoms with Crippen molar-refractivity contribution in [1.82, 2.24) is 0 Å². The van der Waals surface area contributed by atoms with Crippen LogP contribution in [0.3, 0.4) is 0 Å². The monoisotopic (exact) mass is 402 g/mol. The highest BCUT2D eigenvalue weighted by Crippen LogP contribution is 2.47. The Morgan fingerprint density at radius 2 is 1.53 bits per heavy atom. The van der Waals surface area contributed by atoms with Crippen LogP contribution in [0.1, 0.15) is 17.2 Å². The number of carbonyl (C=O) groups is 2. The maximum Gasteiger partial charge on any atom is 0.266 e. The number of para-hydroxylation sites is 1. The molecule has 5 rings (SSSR count). The van der Waals surface area contributed by atoms with Crippen LogP contribution >= 0.6 is 0 Å². The molecule has 3 aromatic carbocycles. The predicted molar refractivity (Wildman–Crippen MR) is 110 cm³/mol. The summed E-state index contributed by atoms with van der Waals surface area (Å²) in [7, 11) is 0. The van der Waals surface area contributed by atoms with Crippen molar-refractivity contribution >= 4 is 23.2 Å². The molecule has 2 heterocycles. The number of carbonyl (C=O) groups excluding carboxylic acids is 2. The Morgan fingerprint density at radius 1 is 0.833 bits per heavy atom. The topological polar surface area (TPSA) is 49.9 Å². The van der Waals surface area contributed by atoms with Crippen molar-refractivity contribution in [3.05, 3.63) is 95.8 Å². The molecule has 0 saturated carbocycles. The Hall–Kier alpha value is -3.51. The van der Waals surface area contributed by atoms with Crippen molar-refractivity contribution in [2.24, 2.45) is 5.92 Å². The molecule has 0 aliphatic carbocycles. The van der Waals surface area contributed by atoms with E-state index in [-0.39, 0.29) is 17.6 Å². The number of hydrogen-bond donors (Lipinski definition) is 0. The number of anilines is 2. The summed E-state index contributed by atoms with van der Waals surface area (Å²) in [5.41, 5.74) is 2.92. The molecule has 6 heteroatoms. The molecular formula is C24H19FN2O3. The average Bonchev–Trinajstić information content (AvgIpc) is 3.26. The number of hydrogen-bond acceptors (Lipinski definition) is 4. The van der Waals surface area contributed by atoms with Crippen LogP contribution in [0.5, 0.6) is 0 Å². The normalized spacial score (nSPS) is 23.2. The van der Waals surface area contributed by atoms with Gasteiger partial charge in [-0.3, -0.25) is 14.4 Å². The van der Waals surface area contributed by atoms with Crippen LogP contribution < -0.4 is 9.96 Å². The number of rotatable bonds is 3. The lowest BCUT2D eigenvalue weighted by atomic mass is 9.90. The van der Waals surface area contributed by atoms with E-state index in [2.05, 4.69) is 0 Å². The number of fused-ring (bicyclic) bond motifs is 1. The van der Waals surface area contributed by atoms with Gasteiger partial charge in [0.15, 0.2) is 6.10 Å². The van der Waals surface area contributed by atoms with Crippen molar-refractivity contribution < 1.29 is 18.8 Å². The number of imide groups is 1. The van der Waals surface area contributed by atoms with Crippen molar-refractivity contribution in [1.29, 1.82) is 0 Å². The summed E-state index contributed by atoms with van der Waals surface area (Å²) in [6.45, 7) is 1.91. The Morgan fingerprint density at radius 3 is 2.23 bits per heavy atom. The highest BCUT2D eigenvalue weighted by molar-refractivity contribution is 6.23. The van der Waals surface area contributed by atoms with Crippen molar-refractivity contribution in [3.63, 3.8) is 0 Å². The van der Waals surface area contributed by atoms with E-state index in [0.29, 0.717) is 11.3 Å². The molecule has 2 saturated heterocycles. The van der Waals surface area contributed by atoms with E-state index < -0.39 is 18.1 Å². The Labute approximate surface area is 173 Å². The van der Waals surface area contributed by atoms with Gasteiger partial charge < -0.3 is 0 Å². The summed E-state index contributed by atoms with van der Waals surface area (Å²) in [6.07, 6.45) is -0.937. The summed E-state index contributed by atoms with van der Waals surface area (Å²) >= 11 is 0. The minimum absolute atomic E-state index is 0.316. The summed E-state index contributed by atoms with van der Waals surface area (Å²) in [5.74, 6) is -1.80. The van der Waals surface area contributed by atoms with E-state index in [1.165, 1.54) is 17.0 Å². The highest BCUT2D eigenvalue weighted by Gasteiger charge is 2.60. The van der Waals surface area contributed by atoms with Crippen LogP contribution in [0, 0.1) is 18.7 Å². The fourth-order valence-corrected chi connectivity index (χ4v) is 4.23. The standard InChI is InChI=1S/C24H19FN2O3/c1-15-6-5-9-19(14-15)26-23(28)20-21(16-10-12-17(25)13-11-16)27(30-22(20)24(26)29)18-7-3-2-4-8-18/h2-14,20-22H,1H3/t20-,21-,22-/m0/s1. The molecule has 0 radical (unpaired) electrons. The number of hydroxylamine groups is 1. The number of amides is 2. The van der Waals surface area contributed by atoms with Crippen molar-refractivity contribution in [3.8, 4) is 0 Å². The second-order valence-corrected chi connectivity index (χ2v) is 7.56. The van der Waals surface area contributed by atoms with Gasteiger partial charge in [-0.25, -0.2) is 14.4 Å². The first kappa shape index (κ1) is 18.5. The fraction of sp³-hybridized carbons (Fsp3) is 0.167. The molecule has 2 aliphatic heterocycles. The summed E-state index contributed by atoms with van der Waals surface area (Å²) in [4.78, 5) is 33.9. The van der Waals surface area contributed by atoms with Gasteiger partial charge in [0.2, 0.25) is 5.91 Å². The molecular weight excluding hydrogens is 383 g/mol. The Balaban J connectivity index is 1.59. The molecule has 30 heavy (non-hydrogen) atoms. The van der Waals surface area contributed by atoms with Crippen LogP contribution in [-0.2, 0) is 14.4 Å². The highest BCUT2D eigenvalue weighted by atomic mass is 19.1. The van der Waals surface area contributed by atoms with E-state index in [4.69, 9.17) is 4.84 Å². The van der Waals surface area contributed by atoms with Gasteiger partial charge in [-0.1, -0.05) is 42.5 Å². The van der Waals surface area contributed by atoms with Crippen LogP contribution in [0.25, 0.3) is 0 Å². The predicted octanol–water partition coefficient (Wildman–Crippen LogP) is 4.19. The molecule has 2 amide bonds. The smallest absolute Gasteiger partial charge is 0.266 e. The zero-order valence-electron chi connectivity index (χ0n) is 16.2. The first-order valence-corrected chi connectivity index (χ1v) is 9.75. The molecule has 0 spiro atoms. The fourth-order valence-electron chi connectivity index (χ4n) is 4.23. The van der Waals surface area contributed by atoms with Crippen LogP contribution in [0.4, 0.5) is 15.8 Å². The SMILES string of the molecule is Cc1cccc(N2C(=O)[C@@H]3[C@H](ON(c4ccccc4)[C@H]3c3ccc(F)cc3)C2=O)c1.